The summed E-state index contributed by atoms with van der Waals surface area (Å²) in [5.74, 6) is 6.48. The molecule has 0 saturated heterocycles. The Balaban J connectivity index is 1.30. The zero-order valence-electron chi connectivity index (χ0n) is 21.2. The number of aromatic nitrogens is 3. The standard InChI is InChI=1S/C29H27N5O3/c1-19-8-9-21(15-20(19)11-13-26-32-31-25-7-5-6-14-34(25)26)27(35)30-24-12-10-22-17-33(18-23(22)16-24)28(36)37-29(2,3)4/h5-10,12,14-16H,17-18H2,1-4H3,(H,30,35). The number of nitrogens with zero attached hydrogens (tertiary/aromatic N) is 4. The van der Waals surface area contributed by atoms with Crippen LogP contribution in [0, 0.1) is 18.8 Å². The number of nitrogens with one attached hydrogen (secondary N) is 1. The summed E-state index contributed by atoms with van der Waals surface area (Å²) in [7, 11) is 0. The van der Waals surface area contributed by atoms with E-state index in [1.54, 1.807) is 17.0 Å². The Bertz CT molecular complexity index is 1590. The van der Waals surface area contributed by atoms with Gasteiger partial charge in [0.25, 0.3) is 5.91 Å². The fourth-order valence-corrected chi connectivity index (χ4v) is 4.08. The molecule has 0 atom stereocenters. The maximum absolute atomic E-state index is 13.0. The maximum atomic E-state index is 13.0. The minimum absolute atomic E-state index is 0.238. The van der Waals surface area contributed by atoms with Gasteiger partial charge < -0.3 is 10.1 Å². The Morgan fingerprint density at radius 1 is 0.973 bits per heavy atom. The number of hydrogen-bond donors (Lipinski definition) is 1. The fraction of sp³-hybridized carbons (Fsp3) is 0.241. The molecule has 5 rings (SSSR count). The molecule has 0 bridgehead atoms. The summed E-state index contributed by atoms with van der Waals surface area (Å²) in [4.78, 5) is 27.1. The molecule has 1 N–H and O–H groups in total. The van der Waals surface area contributed by atoms with E-state index in [1.165, 1.54) is 0 Å². The lowest BCUT2D eigenvalue weighted by atomic mass is 10.0. The van der Waals surface area contributed by atoms with Gasteiger partial charge in [-0.1, -0.05) is 24.1 Å². The second-order valence-corrected chi connectivity index (χ2v) is 10.0. The van der Waals surface area contributed by atoms with Gasteiger partial charge in [0.05, 0.1) is 0 Å². The van der Waals surface area contributed by atoms with E-state index in [0.29, 0.717) is 30.2 Å². The summed E-state index contributed by atoms with van der Waals surface area (Å²) < 4.78 is 7.30. The van der Waals surface area contributed by atoms with Crippen molar-refractivity contribution < 1.29 is 14.3 Å². The van der Waals surface area contributed by atoms with Crippen LogP contribution in [-0.2, 0) is 17.8 Å². The Morgan fingerprint density at radius 3 is 2.59 bits per heavy atom. The number of anilines is 1. The lowest BCUT2D eigenvalue weighted by Gasteiger charge is -2.24. The smallest absolute Gasteiger partial charge is 0.410 e. The molecule has 186 valence electrons. The molecule has 2 aromatic heterocycles. The number of rotatable bonds is 2. The Kier molecular flexibility index (Phi) is 6.14. The van der Waals surface area contributed by atoms with Crippen LogP contribution in [0.4, 0.5) is 10.5 Å². The highest BCUT2D eigenvalue weighted by atomic mass is 16.6. The summed E-state index contributed by atoms with van der Waals surface area (Å²) in [6.07, 6.45) is 1.51. The number of fused-ring (bicyclic) bond motifs is 2. The number of hydrogen-bond acceptors (Lipinski definition) is 5. The van der Waals surface area contributed by atoms with Gasteiger partial charge in [-0.25, -0.2) is 4.79 Å². The van der Waals surface area contributed by atoms with Gasteiger partial charge in [0, 0.05) is 36.1 Å². The van der Waals surface area contributed by atoms with Crippen LogP contribution in [0.25, 0.3) is 5.65 Å². The summed E-state index contributed by atoms with van der Waals surface area (Å²) in [6.45, 7) is 8.42. The van der Waals surface area contributed by atoms with E-state index < -0.39 is 5.60 Å². The highest BCUT2D eigenvalue weighted by molar-refractivity contribution is 6.04. The number of benzene rings is 2. The second kappa shape index (κ2) is 9.43. The molecule has 3 heterocycles. The molecule has 1 aliphatic heterocycles. The molecule has 8 nitrogen and oxygen atoms in total. The normalized spacial score (nSPS) is 12.6. The van der Waals surface area contributed by atoms with Crippen LogP contribution in [-0.4, -0.2) is 37.1 Å². The van der Waals surface area contributed by atoms with Crippen LogP contribution in [0.5, 0.6) is 0 Å². The third-order valence-corrected chi connectivity index (χ3v) is 5.96. The first-order valence-corrected chi connectivity index (χ1v) is 12.0. The van der Waals surface area contributed by atoms with E-state index >= 15 is 0 Å². The number of aryl methyl sites for hydroxylation is 1. The van der Waals surface area contributed by atoms with Gasteiger partial charge in [0.15, 0.2) is 5.65 Å². The first-order valence-electron chi connectivity index (χ1n) is 12.0. The molecule has 0 radical (unpaired) electrons. The van der Waals surface area contributed by atoms with Gasteiger partial charge in [0.2, 0.25) is 5.82 Å². The van der Waals surface area contributed by atoms with E-state index in [-0.39, 0.29) is 12.0 Å². The lowest BCUT2D eigenvalue weighted by Crippen LogP contribution is -2.33. The van der Waals surface area contributed by atoms with Crippen LogP contribution < -0.4 is 5.32 Å². The van der Waals surface area contributed by atoms with Gasteiger partial charge in [0.1, 0.15) is 5.60 Å². The number of carbonyl (C=O) groups excluding carboxylic acids is 2. The lowest BCUT2D eigenvalue weighted by molar-refractivity contribution is 0.0241. The number of carbonyl (C=O) groups is 2. The van der Waals surface area contributed by atoms with Crippen LogP contribution in [0.3, 0.4) is 0 Å². The number of amides is 2. The molecule has 0 unspecified atom stereocenters. The van der Waals surface area contributed by atoms with Gasteiger partial charge in [-0.15, -0.1) is 10.2 Å². The van der Waals surface area contributed by atoms with Crippen LogP contribution in [0.15, 0.2) is 60.8 Å². The van der Waals surface area contributed by atoms with Gasteiger partial charge >= 0.3 is 6.09 Å². The second-order valence-electron chi connectivity index (χ2n) is 10.0. The Labute approximate surface area is 215 Å². The Morgan fingerprint density at radius 2 is 1.78 bits per heavy atom. The first-order chi connectivity index (χ1) is 17.7. The highest BCUT2D eigenvalue weighted by Crippen LogP contribution is 2.27. The topological polar surface area (TPSA) is 88.8 Å². The van der Waals surface area contributed by atoms with Crippen molar-refractivity contribution in [1.82, 2.24) is 19.5 Å². The molecule has 4 aromatic rings. The molecule has 0 fully saturated rings. The third kappa shape index (κ3) is 5.31. The van der Waals surface area contributed by atoms with Gasteiger partial charge in [-0.05, 0) is 86.7 Å². The third-order valence-electron chi connectivity index (χ3n) is 5.96. The molecule has 8 heteroatoms. The maximum Gasteiger partial charge on any atom is 0.410 e. The molecule has 2 amide bonds. The Hall–Kier alpha value is -4.64. The SMILES string of the molecule is Cc1ccc(C(=O)Nc2ccc3c(c2)CN(C(=O)OC(C)(C)C)C3)cc1C#Cc1nnc2ccccn12. The van der Waals surface area contributed by atoms with E-state index in [2.05, 4.69) is 27.4 Å². The average molecular weight is 494 g/mol. The minimum atomic E-state index is -0.550. The van der Waals surface area contributed by atoms with Crippen molar-refractivity contribution in [2.75, 3.05) is 5.32 Å². The van der Waals surface area contributed by atoms with Crippen molar-refractivity contribution in [3.63, 3.8) is 0 Å². The van der Waals surface area contributed by atoms with Crippen molar-refractivity contribution in [2.45, 2.75) is 46.4 Å². The van der Waals surface area contributed by atoms with Crippen molar-refractivity contribution in [3.05, 3.63) is 94.4 Å². The molecular weight excluding hydrogens is 466 g/mol. The number of pyridine rings is 1. The van der Waals surface area contributed by atoms with Crippen molar-refractivity contribution in [3.8, 4) is 11.8 Å². The molecule has 0 aliphatic carbocycles. The largest absolute Gasteiger partial charge is 0.444 e. The van der Waals surface area contributed by atoms with E-state index in [1.807, 2.05) is 80.8 Å². The monoisotopic (exact) mass is 493 g/mol. The quantitative estimate of drug-likeness (QED) is 0.400. The number of ether oxygens (including phenoxy) is 1. The summed E-state index contributed by atoms with van der Waals surface area (Å²) in [6, 6.07) is 16.8. The molecule has 2 aromatic carbocycles. The van der Waals surface area contributed by atoms with E-state index in [4.69, 9.17) is 4.74 Å². The molecule has 0 spiro atoms. The molecular formula is C29H27N5O3. The van der Waals surface area contributed by atoms with E-state index in [0.717, 1.165) is 27.9 Å². The predicted octanol–water partition coefficient (Wildman–Crippen LogP) is 4.94. The van der Waals surface area contributed by atoms with Crippen molar-refractivity contribution >= 4 is 23.3 Å². The van der Waals surface area contributed by atoms with Gasteiger partial charge in [-0.3, -0.25) is 14.1 Å². The van der Waals surface area contributed by atoms with Crippen LogP contribution in [0.1, 0.15) is 59.2 Å². The summed E-state index contributed by atoms with van der Waals surface area (Å²) in [5.41, 5.74) is 5.05. The predicted molar refractivity (Wildman–Crippen MR) is 140 cm³/mol. The van der Waals surface area contributed by atoms with E-state index in [9.17, 15) is 9.59 Å². The molecule has 0 saturated carbocycles. The van der Waals surface area contributed by atoms with Crippen LogP contribution >= 0.6 is 0 Å². The molecule has 1 aliphatic rings. The molecule has 37 heavy (non-hydrogen) atoms. The average Bonchev–Trinajstić information content (AvgIpc) is 3.46. The summed E-state index contributed by atoms with van der Waals surface area (Å²) in [5, 5.41) is 11.2. The highest BCUT2D eigenvalue weighted by Gasteiger charge is 2.28. The fourth-order valence-electron chi connectivity index (χ4n) is 4.08. The van der Waals surface area contributed by atoms with Crippen LogP contribution in [0.2, 0.25) is 0 Å². The van der Waals surface area contributed by atoms with Gasteiger partial charge in [-0.2, -0.15) is 0 Å². The van der Waals surface area contributed by atoms with Crippen molar-refractivity contribution in [2.24, 2.45) is 0 Å². The minimum Gasteiger partial charge on any atom is -0.444 e. The van der Waals surface area contributed by atoms with Crippen molar-refractivity contribution in [1.29, 1.82) is 0 Å². The zero-order chi connectivity index (χ0) is 26.2. The first kappa shape index (κ1) is 24.1. The zero-order valence-corrected chi connectivity index (χ0v) is 21.2. The summed E-state index contributed by atoms with van der Waals surface area (Å²) >= 11 is 0.